The Labute approximate surface area is 97.3 Å². The summed E-state index contributed by atoms with van der Waals surface area (Å²) >= 11 is 8.02. The molecule has 0 amide bonds. The third-order valence-electron chi connectivity index (χ3n) is 1.65. The van der Waals surface area contributed by atoms with Gasteiger partial charge in [0.2, 0.25) is 0 Å². The van der Waals surface area contributed by atoms with Crippen LogP contribution < -0.4 is 0 Å². The van der Waals surface area contributed by atoms with Crippen LogP contribution in [0.5, 0.6) is 0 Å². The van der Waals surface area contributed by atoms with Crippen LogP contribution in [0.3, 0.4) is 0 Å². The van der Waals surface area contributed by atoms with E-state index in [0.29, 0.717) is 18.5 Å². The maximum atomic E-state index is 8.42. The first kappa shape index (κ1) is 14.5. The Kier molecular flexibility index (Phi) is 8.05. The molecule has 0 aliphatic heterocycles. The highest BCUT2D eigenvalue weighted by Gasteiger charge is 2.22. The third-order valence-corrected chi connectivity index (χ3v) is 6.69. The van der Waals surface area contributed by atoms with Gasteiger partial charge >= 0.3 is 0 Å². The highest BCUT2D eigenvalue weighted by Crippen LogP contribution is 2.59. The second-order valence-corrected chi connectivity index (χ2v) is 8.49. The lowest BCUT2D eigenvalue weighted by Crippen LogP contribution is -2.30. The first-order valence-electron chi connectivity index (χ1n) is 4.74. The fourth-order valence-electron chi connectivity index (χ4n) is 1.19. The van der Waals surface area contributed by atoms with E-state index in [1.807, 2.05) is 0 Å². The van der Waals surface area contributed by atoms with Crippen molar-refractivity contribution in [3.63, 3.8) is 0 Å². The quantitative estimate of drug-likeness (QED) is 0.523. The van der Waals surface area contributed by atoms with Gasteiger partial charge in [-0.3, -0.25) is 4.67 Å². The molecule has 1 unspecified atom stereocenters. The molecule has 0 saturated heterocycles. The first-order chi connectivity index (χ1) is 6.50. The molecule has 14 heavy (non-hydrogen) atoms. The van der Waals surface area contributed by atoms with Gasteiger partial charge in [-0.1, -0.05) is 11.2 Å². The van der Waals surface area contributed by atoms with Crippen LogP contribution in [0.15, 0.2) is 0 Å². The summed E-state index contributed by atoms with van der Waals surface area (Å²) in [5, 5.41) is 8.42. The molecule has 82 valence electrons. The molecule has 0 aromatic heterocycles. The smallest absolute Gasteiger partial charge is 0.124 e. The van der Waals surface area contributed by atoms with E-state index in [1.165, 1.54) is 0 Å². The predicted octanol–water partition coefficient (Wildman–Crippen LogP) is 4.22. The lowest BCUT2D eigenvalue weighted by atomic mass is 10.3. The van der Waals surface area contributed by atoms with Gasteiger partial charge in [0, 0.05) is 24.3 Å². The maximum Gasteiger partial charge on any atom is 0.124 e. The van der Waals surface area contributed by atoms with Gasteiger partial charge in [0.1, 0.15) is 6.63 Å². The zero-order valence-corrected chi connectivity index (χ0v) is 11.7. The third kappa shape index (κ3) is 5.41. The number of nitriles is 1. The average Bonchev–Trinajstić information content (AvgIpc) is 2.03. The van der Waals surface area contributed by atoms with E-state index in [0.717, 1.165) is 5.75 Å². The molecule has 0 rings (SSSR count). The Morgan fingerprint density at radius 3 is 2.21 bits per heavy atom. The van der Waals surface area contributed by atoms with Gasteiger partial charge in [0.25, 0.3) is 0 Å². The molecule has 0 N–H and O–H groups in total. The van der Waals surface area contributed by atoms with Crippen LogP contribution in [0, 0.1) is 11.3 Å². The van der Waals surface area contributed by atoms with E-state index >= 15 is 0 Å². The van der Waals surface area contributed by atoms with Crippen molar-refractivity contribution < 1.29 is 0 Å². The van der Waals surface area contributed by atoms with Crippen molar-refractivity contribution in [1.29, 1.82) is 5.26 Å². The van der Waals surface area contributed by atoms with Gasteiger partial charge < -0.3 is 0 Å². The molecule has 0 aromatic rings. The SMILES string of the molecule is CC(C)N(C(C)C)P(Cl)SCCC#N. The van der Waals surface area contributed by atoms with Crippen LogP contribution in [-0.4, -0.2) is 22.5 Å². The monoisotopic (exact) mass is 252 g/mol. The van der Waals surface area contributed by atoms with E-state index in [9.17, 15) is 0 Å². The molecule has 0 aromatic carbocycles. The van der Waals surface area contributed by atoms with Gasteiger partial charge in [-0.05, 0) is 27.7 Å². The standard InChI is InChI=1S/C9H18ClN2PS/c1-8(2)12(9(3)4)13(10)14-7-5-6-11/h8-9H,5,7H2,1-4H3. The summed E-state index contributed by atoms with van der Waals surface area (Å²) in [6, 6.07) is 3.06. The van der Waals surface area contributed by atoms with Crippen LogP contribution in [0.2, 0.25) is 0 Å². The second-order valence-electron chi connectivity index (χ2n) is 3.54. The summed E-state index contributed by atoms with van der Waals surface area (Å²) < 4.78 is 2.30. The Bertz CT molecular complexity index is 186. The number of rotatable bonds is 6. The number of nitrogens with zero attached hydrogens (tertiary/aromatic N) is 2. The molecule has 0 fully saturated rings. The number of halogens is 1. The fraction of sp³-hybridized carbons (Fsp3) is 0.889. The van der Waals surface area contributed by atoms with Crippen LogP contribution in [-0.2, 0) is 0 Å². The summed E-state index contributed by atoms with van der Waals surface area (Å²) in [5.74, 6) is 0.835. The lowest BCUT2D eigenvalue weighted by Gasteiger charge is -2.33. The van der Waals surface area contributed by atoms with Crippen LogP contribution >= 0.6 is 29.2 Å². The second kappa shape index (κ2) is 7.77. The molecule has 0 aliphatic rings. The van der Waals surface area contributed by atoms with Crippen LogP contribution in [0.1, 0.15) is 34.1 Å². The molecular weight excluding hydrogens is 235 g/mol. The van der Waals surface area contributed by atoms with Gasteiger partial charge in [0.15, 0.2) is 0 Å². The summed E-state index contributed by atoms with van der Waals surface area (Å²) in [7, 11) is 0. The molecule has 0 bridgehead atoms. The predicted molar refractivity (Wildman–Crippen MR) is 67.6 cm³/mol. The normalized spacial score (nSPS) is 13.6. The molecule has 0 spiro atoms. The Hall–Kier alpha value is 0.520. The Morgan fingerprint density at radius 2 is 1.86 bits per heavy atom. The Morgan fingerprint density at radius 1 is 1.36 bits per heavy atom. The van der Waals surface area contributed by atoms with Gasteiger partial charge in [-0.15, -0.1) is 11.4 Å². The van der Waals surface area contributed by atoms with Crippen molar-refractivity contribution in [2.75, 3.05) is 5.75 Å². The zero-order chi connectivity index (χ0) is 11.1. The van der Waals surface area contributed by atoms with E-state index in [4.69, 9.17) is 16.5 Å². The summed E-state index contributed by atoms with van der Waals surface area (Å²) in [6.07, 6.45) is 0.584. The molecule has 0 saturated carbocycles. The molecule has 5 heteroatoms. The van der Waals surface area contributed by atoms with Crippen molar-refractivity contribution in [1.82, 2.24) is 4.67 Å². The molecule has 1 atom stereocenters. The zero-order valence-electron chi connectivity index (χ0n) is 9.20. The topological polar surface area (TPSA) is 27.0 Å². The maximum absolute atomic E-state index is 8.42. The summed E-state index contributed by atoms with van der Waals surface area (Å²) in [4.78, 5) is 0. The minimum atomic E-state index is -0.663. The molecule has 0 radical (unpaired) electrons. The van der Waals surface area contributed by atoms with Crippen LogP contribution in [0.25, 0.3) is 0 Å². The Balaban J connectivity index is 4.03. The molecule has 0 aliphatic carbocycles. The van der Waals surface area contributed by atoms with Gasteiger partial charge in [-0.2, -0.15) is 5.26 Å². The average molecular weight is 253 g/mol. The highest BCUT2D eigenvalue weighted by molar-refractivity contribution is 8.62. The van der Waals surface area contributed by atoms with E-state index in [-0.39, 0.29) is 0 Å². The highest BCUT2D eigenvalue weighted by atomic mass is 35.7. The minimum Gasteiger partial charge on any atom is -0.256 e. The molecular formula is C9H18ClN2PS. The summed E-state index contributed by atoms with van der Waals surface area (Å²) in [6.45, 7) is 7.96. The minimum absolute atomic E-state index is 0.466. The molecule has 0 heterocycles. The van der Waals surface area contributed by atoms with Crippen molar-refractivity contribution >= 4 is 29.2 Å². The lowest BCUT2D eigenvalue weighted by molar-refractivity contribution is 0.331. The van der Waals surface area contributed by atoms with Gasteiger partial charge in [-0.25, -0.2) is 0 Å². The number of hydrogen-bond donors (Lipinski definition) is 0. The van der Waals surface area contributed by atoms with Crippen LogP contribution in [0.4, 0.5) is 0 Å². The van der Waals surface area contributed by atoms with E-state index in [2.05, 4.69) is 38.4 Å². The fourth-order valence-corrected chi connectivity index (χ4v) is 6.31. The van der Waals surface area contributed by atoms with Gasteiger partial charge in [0.05, 0.1) is 6.07 Å². The van der Waals surface area contributed by atoms with Crippen molar-refractivity contribution in [2.45, 2.75) is 46.2 Å². The van der Waals surface area contributed by atoms with E-state index in [1.54, 1.807) is 11.4 Å². The largest absolute Gasteiger partial charge is 0.256 e. The number of hydrogen-bond acceptors (Lipinski definition) is 3. The summed E-state index contributed by atoms with van der Waals surface area (Å²) in [5.41, 5.74) is 0. The molecule has 2 nitrogen and oxygen atoms in total. The van der Waals surface area contributed by atoms with Crippen molar-refractivity contribution in [3.05, 3.63) is 0 Å². The van der Waals surface area contributed by atoms with E-state index < -0.39 is 6.63 Å². The first-order valence-corrected chi connectivity index (χ1v) is 8.53. The van der Waals surface area contributed by atoms with Crippen molar-refractivity contribution in [2.24, 2.45) is 0 Å². The van der Waals surface area contributed by atoms with Crippen molar-refractivity contribution in [3.8, 4) is 6.07 Å².